The first kappa shape index (κ1) is 14.6. The van der Waals surface area contributed by atoms with Crippen LogP contribution in [0.4, 0.5) is 0 Å². The number of nitrogens with one attached hydrogen (secondary N) is 1. The Bertz CT molecular complexity index is 401. The van der Waals surface area contributed by atoms with Crippen LogP contribution in [0.2, 0.25) is 0 Å². The molecule has 20 heavy (non-hydrogen) atoms. The Labute approximate surface area is 131 Å². The van der Waals surface area contributed by atoms with Crippen molar-refractivity contribution >= 4 is 35.0 Å². The molecule has 2 saturated carbocycles. The molecule has 1 saturated heterocycles. The van der Waals surface area contributed by atoms with Crippen LogP contribution < -0.4 is 5.32 Å². The fourth-order valence-corrected chi connectivity index (χ4v) is 5.04. The van der Waals surface area contributed by atoms with Crippen LogP contribution in [0, 0.1) is 17.8 Å². The summed E-state index contributed by atoms with van der Waals surface area (Å²) in [6.45, 7) is 0.828. The van der Waals surface area contributed by atoms with E-state index in [0.29, 0.717) is 5.11 Å². The lowest BCUT2D eigenvalue weighted by Gasteiger charge is -2.24. The Kier molecular flexibility index (Phi) is 4.55. The average Bonchev–Trinajstić information content (AvgIpc) is 3.11. The van der Waals surface area contributed by atoms with Crippen molar-refractivity contribution in [3.63, 3.8) is 0 Å². The number of nitrogens with zero attached hydrogens (tertiary/aromatic N) is 1. The molecule has 2 bridgehead atoms. The molecule has 0 radical (unpaired) electrons. The monoisotopic (exact) mass is 312 g/mol. The van der Waals surface area contributed by atoms with E-state index < -0.39 is 0 Å². The maximum Gasteiger partial charge on any atom is 0.251 e. The molecule has 3 rings (SSSR count). The van der Waals surface area contributed by atoms with Crippen molar-refractivity contribution < 1.29 is 4.79 Å². The second-order valence-corrected chi connectivity index (χ2v) is 7.87. The molecule has 1 N–H and O–H groups in total. The summed E-state index contributed by atoms with van der Waals surface area (Å²) in [6.07, 6.45) is 9.79. The minimum atomic E-state index is -0.0741. The number of thioether (sulfide) groups is 1. The zero-order valence-corrected chi connectivity index (χ0v) is 13.8. The van der Waals surface area contributed by atoms with Crippen molar-refractivity contribution in [3.05, 3.63) is 0 Å². The molecule has 0 aromatic heterocycles. The van der Waals surface area contributed by atoms with Crippen LogP contribution in [0.25, 0.3) is 0 Å². The number of amides is 1. The van der Waals surface area contributed by atoms with Crippen LogP contribution in [0.15, 0.2) is 0 Å². The lowest BCUT2D eigenvalue weighted by molar-refractivity contribution is -0.127. The molecule has 5 heteroatoms. The zero-order valence-electron chi connectivity index (χ0n) is 12.1. The van der Waals surface area contributed by atoms with Gasteiger partial charge >= 0.3 is 0 Å². The normalized spacial score (nSPS) is 36.0. The van der Waals surface area contributed by atoms with Gasteiger partial charge < -0.3 is 5.32 Å². The maximum absolute atomic E-state index is 12.4. The van der Waals surface area contributed by atoms with Crippen LogP contribution >= 0.6 is 24.0 Å². The highest BCUT2D eigenvalue weighted by atomic mass is 32.2. The van der Waals surface area contributed by atoms with Crippen LogP contribution in [-0.2, 0) is 4.79 Å². The van der Waals surface area contributed by atoms with E-state index in [1.807, 2.05) is 4.90 Å². The molecule has 1 amide bonds. The molecule has 0 unspecified atom stereocenters. The lowest BCUT2D eigenvalue weighted by Crippen LogP contribution is -2.33. The minimum absolute atomic E-state index is 0.0741. The van der Waals surface area contributed by atoms with Crippen LogP contribution in [-0.4, -0.2) is 40.5 Å². The lowest BCUT2D eigenvalue weighted by atomic mass is 9.86. The Morgan fingerprint density at radius 2 is 2.20 bits per heavy atom. The molecule has 112 valence electrons. The number of fused-ring (bicyclic) bond motifs is 2. The third-order valence-electron chi connectivity index (χ3n) is 5.33. The van der Waals surface area contributed by atoms with E-state index in [0.717, 1.165) is 42.9 Å². The van der Waals surface area contributed by atoms with Crippen LogP contribution in [0.5, 0.6) is 0 Å². The molecular formula is C15H24N2OS2. The van der Waals surface area contributed by atoms with Gasteiger partial charge in [-0.25, -0.2) is 0 Å². The van der Waals surface area contributed by atoms with Crippen LogP contribution in [0.1, 0.15) is 38.5 Å². The molecule has 1 aliphatic heterocycles. The zero-order chi connectivity index (χ0) is 14.1. The highest BCUT2D eigenvalue weighted by Gasteiger charge is 2.40. The Balaban J connectivity index is 1.50. The average molecular weight is 313 g/mol. The number of thiocarbonyl (C=S) groups is 1. The number of hydrogen-bond donors (Lipinski definition) is 1. The van der Waals surface area contributed by atoms with Gasteiger partial charge in [0.25, 0.3) is 5.91 Å². The fourth-order valence-electron chi connectivity index (χ4n) is 4.24. The largest absolute Gasteiger partial charge is 0.350 e. The predicted octanol–water partition coefficient (Wildman–Crippen LogP) is 2.65. The van der Waals surface area contributed by atoms with E-state index in [9.17, 15) is 4.79 Å². The number of rotatable bonds is 6. The second kappa shape index (κ2) is 6.22. The van der Waals surface area contributed by atoms with Gasteiger partial charge in [0, 0.05) is 6.54 Å². The van der Waals surface area contributed by atoms with Gasteiger partial charge in [-0.05, 0) is 74.1 Å². The van der Waals surface area contributed by atoms with E-state index in [1.165, 1.54) is 25.7 Å². The SMILES string of the molecule is CSCC[C@H]1NC(=S)N(CC[C@@H]2C[C@@H]3CC[C@@H]2C3)C1=O. The number of hydrogen-bond acceptors (Lipinski definition) is 3. The number of carbonyl (C=O) groups excluding carboxylic acids is 1. The summed E-state index contributed by atoms with van der Waals surface area (Å²) in [6, 6.07) is -0.0741. The summed E-state index contributed by atoms with van der Waals surface area (Å²) in [7, 11) is 0. The van der Waals surface area contributed by atoms with Gasteiger partial charge in [0.2, 0.25) is 0 Å². The van der Waals surface area contributed by atoms with E-state index >= 15 is 0 Å². The summed E-state index contributed by atoms with van der Waals surface area (Å²) in [5, 5.41) is 3.85. The first-order valence-corrected chi connectivity index (χ1v) is 9.60. The van der Waals surface area contributed by atoms with Crippen molar-refractivity contribution in [3.8, 4) is 0 Å². The molecule has 1 heterocycles. The molecule has 4 atom stereocenters. The van der Waals surface area contributed by atoms with Gasteiger partial charge in [-0.1, -0.05) is 6.42 Å². The Hall–Kier alpha value is -0.290. The molecule has 3 fully saturated rings. The van der Waals surface area contributed by atoms with Crippen molar-refractivity contribution in [1.82, 2.24) is 10.2 Å². The van der Waals surface area contributed by atoms with E-state index in [2.05, 4.69) is 11.6 Å². The summed E-state index contributed by atoms with van der Waals surface area (Å²) >= 11 is 7.12. The van der Waals surface area contributed by atoms with Gasteiger partial charge in [-0.2, -0.15) is 11.8 Å². The van der Waals surface area contributed by atoms with E-state index in [4.69, 9.17) is 12.2 Å². The molecule has 2 aliphatic carbocycles. The highest BCUT2D eigenvalue weighted by molar-refractivity contribution is 7.98. The molecule has 0 aromatic rings. The predicted molar refractivity (Wildman–Crippen MR) is 87.8 cm³/mol. The fraction of sp³-hybridized carbons (Fsp3) is 0.867. The van der Waals surface area contributed by atoms with Crippen molar-refractivity contribution in [2.24, 2.45) is 17.8 Å². The molecule has 3 nitrogen and oxygen atoms in total. The standard InChI is InChI=1S/C15H24N2OS2/c1-20-7-5-13-14(18)17(15(19)16-13)6-4-12-9-10-2-3-11(12)8-10/h10-13H,2-9H2,1H3,(H,16,19)/t10-,11-,12-,13-/m1/s1. The number of carbonyl (C=O) groups is 1. The van der Waals surface area contributed by atoms with Gasteiger partial charge in [0.15, 0.2) is 5.11 Å². The maximum atomic E-state index is 12.4. The summed E-state index contributed by atoms with van der Waals surface area (Å²) < 4.78 is 0. The Morgan fingerprint density at radius 3 is 2.85 bits per heavy atom. The topological polar surface area (TPSA) is 32.3 Å². The van der Waals surface area contributed by atoms with E-state index in [1.54, 1.807) is 11.8 Å². The van der Waals surface area contributed by atoms with Crippen LogP contribution in [0.3, 0.4) is 0 Å². The highest BCUT2D eigenvalue weighted by Crippen LogP contribution is 2.49. The molecule has 0 aromatic carbocycles. The third kappa shape index (κ3) is 2.84. The van der Waals surface area contributed by atoms with Gasteiger partial charge in [-0.3, -0.25) is 9.69 Å². The minimum Gasteiger partial charge on any atom is -0.350 e. The quantitative estimate of drug-likeness (QED) is 0.764. The van der Waals surface area contributed by atoms with Crippen molar-refractivity contribution in [2.45, 2.75) is 44.6 Å². The second-order valence-electron chi connectivity index (χ2n) is 6.50. The van der Waals surface area contributed by atoms with E-state index in [-0.39, 0.29) is 11.9 Å². The smallest absolute Gasteiger partial charge is 0.251 e. The Morgan fingerprint density at radius 1 is 1.35 bits per heavy atom. The molecule has 0 spiro atoms. The van der Waals surface area contributed by atoms with Crippen molar-refractivity contribution in [2.75, 3.05) is 18.6 Å². The first-order chi connectivity index (χ1) is 9.69. The van der Waals surface area contributed by atoms with Gasteiger partial charge in [-0.15, -0.1) is 0 Å². The first-order valence-electron chi connectivity index (χ1n) is 7.80. The van der Waals surface area contributed by atoms with Gasteiger partial charge in [0.1, 0.15) is 6.04 Å². The third-order valence-corrected chi connectivity index (χ3v) is 6.31. The summed E-state index contributed by atoms with van der Waals surface area (Å²) in [5.41, 5.74) is 0. The summed E-state index contributed by atoms with van der Waals surface area (Å²) in [4.78, 5) is 14.2. The van der Waals surface area contributed by atoms with Crippen molar-refractivity contribution in [1.29, 1.82) is 0 Å². The van der Waals surface area contributed by atoms with Gasteiger partial charge in [0.05, 0.1) is 0 Å². The molecule has 3 aliphatic rings. The molecular weight excluding hydrogens is 288 g/mol. The summed E-state index contributed by atoms with van der Waals surface area (Å²) in [5.74, 6) is 3.97.